The van der Waals surface area contributed by atoms with E-state index in [9.17, 15) is 5.11 Å². The van der Waals surface area contributed by atoms with Gasteiger partial charge in [0.25, 0.3) is 0 Å². The number of aliphatic hydroxyl groups excluding tert-OH is 1. The third-order valence-corrected chi connectivity index (χ3v) is 8.66. The molecule has 4 atom stereocenters. The summed E-state index contributed by atoms with van der Waals surface area (Å²) in [4.78, 5) is 14.0. The summed E-state index contributed by atoms with van der Waals surface area (Å²) in [6.45, 7) is 3.70. The molecule has 1 aliphatic heterocycles. The number of halogens is 2. The number of ether oxygens (including phenoxy) is 3. The Morgan fingerprint density at radius 3 is 2.09 bits per heavy atom. The fourth-order valence-corrected chi connectivity index (χ4v) is 6.00. The van der Waals surface area contributed by atoms with E-state index in [1.165, 1.54) is 24.7 Å². The first-order valence-electron chi connectivity index (χ1n) is 14.8. The molecule has 2 N–H and O–H groups in total. The van der Waals surface area contributed by atoms with Gasteiger partial charge in [0.1, 0.15) is 17.9 Å². The van der Waals surface area contributed by atoms with Crippen molar-refractivity contribution >= 4 is 17.1 Å². The highest BCUT2D eigenvalue weighted by Gasteiger charge is 2.62. The van der Waals surface area contributed by atoms with E-state index in [0.717, 1.165) is 16.7 Å². The molecule has 9 nitrogen and oxygen atoms in total. The third-order valence-electron chi connectivity index (χ3n) is 8.66. The fourth-order valence-electron chi connectivity index (χ4n) is 6.00. The number of fused-ring (bicyclic) bond motifs is 1. The number of alkyl halides is 2. The number of aromatic nitrogens is 4. The van der Waals surface area contributed by atoms with Crippen molar-refractivity contribution in [1.29, 1.82) is 0 Å². The van der Waals surface area contributed by atoms with Crippen molar-refractivity contribution in [3.8, 4) is 11.6 Å². The maximum Gasteiger partial charge on any atom is 0.247 e. The van der Waals surface area contributed by atoms with Gasteiger partial charge < -0.3 is 24.6 Å². The predicted molar refractivity (Wildman–Crippen MR) is 166 cm³/mol. The van der Waals surface area contributed by atoms with Crippen LogP contribution in [0.2, 0.25) is 0 Å². The largest absolute Gasteiger partial charge is 0.497 e. The molecular formula is C34H35F2N5O4. The van der Waals surface area contributed by atoms with Crippen molar-refractivity contribution in [3.63, 3.8) is 0 Å². The number of methoxy groups -OCH3 is 1. The molecule has 1 saturated heterocycles. The first kappa shape index (κ1) is 30.4. The Kier molecular flexibility index (Phi) is 7.92. The monoisotopic (exact) mass is 615 g/mol. The zero-order valence-electron chi connectivity index (χ0n) is 25.4. The molecule has 0 radical (unpaired) electrons. The first-order chi connectivity index (χ1) is 21.7. The van der Waals surface area contributed by atoms with Crippen LogP contribution in [-0.4, -0.2) is 56.5 Å². The zero-order valence-corrected chi connectivity index (χ0v) is 25.4. The number of anilines is 1. The molecule has 234 valence electrons. The Hall–Kier alpha value is -4.61. The van der Waals surface area contributed by atoms with Crippen LogP contribution in [0.4, 0.5) is 14.7 Å². The summed E-state index contributed by atoms with van der Waals surface area (Å²) in [7, 11) is 1.61. The van der Waals surface area contributed by atoms with Crippen LogP contribution < -0.4 is 14.8 Å². The number of nitrogens with one attached hydrogen (secondary N) is 1. The SMILES string of the molecule is CCOc1nc(NC(c2ccccc2)(c2ccccc2)c2ccc(OC)cc2)nc2c1ncn2C1O[C@](F)(CO)[C@@H](C)[C@@]1(C)F. The highest BCUT2D eigenvalue weighted by molar-refractivity contribution is 5.78. The first-order valence-corrected chi connectivity index (χ1v) is 14.8. The molecule has 3 aromatic carbocycles. The number of benzene rings is 3. The quantitative estimate of drug-likeness (QED) is 0.179. The van der Waals surface area contributed by atoms with Crippen molar-refractivity contribution in [2.24, 2.45) is 5.92 Å². The van der Waals surface area contributed by atoms with Crippen LogP contribution >= 0.6 is 0 Å². The molecule has 0 aliphatic carbocycles. The molecule has 3 heterocycles. The lowest BCUT2D eigenvalue weighted by Crippen LogP contribution is -2.39. The molecular weight excluding hydrogens is 580 g/mol. The highest BCUT2D eigenvalue weighted by Crippen LogP contribution is 2.52. The van der Waals surface area contributed by atoms with Crippen LogP contribution in [0.25, 0.3) is 11.2 Å². The normalized spacial score (nSPS) is 23.3. The molecule has 1 fully saturated rings. The second-order valence-corrected chi connectivity index (χ2v) is 11.2. The molecule has 45 heavy (non-hydrogen) atoms. The fraction of sp³-hybridized carbons (Fsp3) is 0.324. The minimum Gasteiger partial charge on any atom is -0.497 e. The molecule has 2 aromatic heterocycles. The molecule has 0 saturated carbocycles. The van der Waals surface area contributed by atoms with Crippen molar-refractivity contribution < 1.29 is 28.1 Å². The van der Waals surface area contributed by atoms with Gasteiger partial charge >= 0.3 is 0 Å². The maximum atomic E-state index is 16.2. The summed E-state index contributed by atoms with van der Waals surface area (Å²) < 4.78 is 49.9. The van der Waals surface area contributed by atoms with E-state index >= 15 is 8.78 Å². The number of rotatable bonds is 10. The summed E-state index contributed by atoms with van der Waals surface area (Å²) in [6, 6.07) is 27.4. The minimum atomic E-state index is -2.59. The number of hydrogen-bond donors (Lipinski definition) is 2. The highest BCUT2D eigenvalue weighted by atomic mass is 19.2. The maximum absolute atomic E-state index is 16.2. The van der Waals surface area contributed by atoms with E-state index in [1.807, 2.05) is 91.9 Å². The topological polar surface area (TPSA) is 104 Å². The van der Waals surface area contributed by atoms with Crippen LogP contribution in [0.15, 0.2) is 91.3 Å². The van der Waals surface area contributed by atoms with Crippen LogP contribution in [0.1, 0.15) is 43.7 Å². The summed E-state index contributed by atoms with van der Waals surface area (Å²) in [6.07, 6.45) is -0.142. The Morgan fingerprint density at radius 1 is 0.956 bits per heavy atom. The second kappa shape index (κ2) is 11.7. The van der Waals surface area contributed by atoms with Crippen LogP contribution in [0.3, 0.4) is 0 Å². The Bertz CT molecular complexity index is 1730. The Morgan fingerprint density at radius 2 is 1.56 bits per heavy atom. The van der Waals surface area contributed by atoms with Crippen LogP contribution in [0, 0.1) is 5.92 Å². The van der Waals surface area contributed by atoms with Crippen molar-refractivity contribution in [2.45, 2.75) is 44.1 Å². The lowest BCUT2D eigenvalue weighted by atomic mass is 9.77. The summed E-state index contributed by atoms with van der Waals surface area (Å²) in [5.41, 5.74) is -0.152. The number of aliphatic hydroxyl groups is 1. The van der Waals surface area contributed by atoms with E-state index in [0.29, 0.717) is 5.75 Å². The van der Waals surface area contributed by atoms with E-state index in [-0.39, 0.29) is 29.6 Å². The Labute approximate surface area is 259 Å². The standard InChI is InChI=1S/C34H35F2N5O4/c1-5-44-29-27-28(41(21-37-27)30-32(3,35)22(2)33(36,20-42)45-30)38-31(39-29)40-34(23-12-8-6-9-13-23,24-14-10-7-11-15-24)25-16-18-26(43-4)19-17-25/h6-19,21-22,30,42H,5,20H2,1-4H3,(H,38,39,40)/t22-,30?,32+,33+/m0/s1. The van der Waals surface area contributed by atoms with Gasteiger partial charge in [0.15, 0.2) is 23.1 Å². The van der Waals surface area contributed by atoms with E-state index in [4.69, 9.17) is 24.2 Å². The number of nitrogens with zero attached hydrogens (tertiary/aromatic N) is 4. The second-order valence-electron chi connectivity index (χ2n) is 11.2. The lowest BCUT2D eigenvalue weighted by molar-refractivity contribution is -0.191. The minimum absolute atomic E-state index is 0.150. The average Bonchev–Trinajstić information content (AvgIpc) is 3.57. The molecule has 11 heteroatoms. The van der Waals surface area contributed by atoms with Crippen molar-refractivity contribution in [1.82, 2.24) is 19.5 Å². The van der Waals surface area contributed by atoms with E-state index in [1.54, 1.807) is 7.11 Å². The van der Waals surface area contributed by atoms with Gasteiger partial charge in [-0.15, -0.1) is 0 Å². The van der Waals surface area contributed by atoms with Gasteiger partial charge in [0.05, 0.1) is 26.0 Å². The van der Waals surface area contributed by atoms with E-state index < -0.39 is 35.8 Å². The van der Waals surface area contributed by atoms with Gasteiger partial charge in [-0.2, -0.15) is 9.97 Å². The molecule has 6 rings (SSSR count). The number of imidazole rings is 1. The van der Waals surface area contributed by atoms with Gasteiger partial charge in [-0.25, -0.2) is 13.8 Å². The number of hydrogen-bond acceptors (Lipinski definition) is 8. The molecule has 1 unspecified atom stereocenters. The molecule has 0 spiro atoms. The van der Waals surface area contributed by atoms with E-state index in [2.05, 4.69) is 10.3 Å². The average molecular weight is 616 g/mol. The smallest absolute Gasteiger partial charge is 0.247 e. The van der Waals surface area contributed by atoms with Gasteiger partial charge in [-0.1, -0.05) is 79.7 Å². The van der Waals surface area contributed by atoms with Gasteiger partial charge in [-0.3, -0.25) is 4.57 Å². The Balaban J connectivity index is 1.58. The lowest BCUT2D eigenvalue weighted by Gasteiger charge is -2.37. The summed E-state index contributed by atoms with van der Waals surface area (Å²) >= 11 is 0. The van der Waals surface area contributed by atoms with Gasteiger partial charge in [0.2, 0.25) is 17.7 Å². The molecule has 0 amide bonds. The third kappa shape index (κ3) is 5.05. The predicted octanol–water partition coefficient (Wildman–Crippen LogP) is 6.19. The summed E-state index contributed by atoms with van der Waals surface area (Å²) in [5.74, 6) is -2.86. The molecule has 0 bridgehead atoms. The molecule has 1 aliphatic rings. The van der Waals surface area contributed by atoms with Gasteiger partial charge in [-0.05, 0) is 42.7 Å². The van der Waals surface area contributed by atoms with Crippen molar-refractivity contribution in [2.75, 3.05) is 25.6 Å². The van der Waals surface area contributed by atoms with Gasteiger partial charge in [0, 0.05) is 0 Å². The summed E-state index contributed by atoms with van der Waals surface area (Å²) in [5, 5.41) is 13.3. The van der Waals surface area contributed by atoms with Crippen molar-refractivity contribution in [3.05, 3.63) is 108 Å². The molecule has 5 aromatic rings. The zero-order chi connectivity index (χ0) is 31.8. The van der Waals surface area contributed by atoms with Crippen LogP contribution in [-0.2, 0) is 10.3 Å². The van der Waals surface area contributed by atoms with Crippen LogP contribution in [0.5, 0.6) is 11.6 Å².